The maximum Gasteiger partial charge on any atom is 0.490 e. The van der Waals surface area contributed by atoms with Crippen molar-refractivity contribution in [1.82, 2.24) is 20.0 Å². The molecular weight excluding hydrogens is 583 g/mol. The van der Waals surface area contributed by atoms with Crippen molar-refractivity contribution in [3.63, 3.8) is 0 Å². The van der Waals surface area contributed by atoms with Gasteiger partial charge in [-0.3, -0.25) is 9.20 Å². The summed E-state index contributed by atoms with van der Waals surface area (Å²) in [5.41, 5.74) is -0.00794. The number of ether oxygens (including phenoxy) is 2. The van der Waals surface area contributed by atoms with Crippen molar-refractivity contribution in [2.24, 2.45) is 0 Å². The van der Waals surface area contributed by atoms with Crippen molar-refractivity contribution in [3.05, 3.63) is 64.1 Å². The van der Waals surface area contributed by atoms with Crippen molar-refractivity contribution in [3.8, 4) is 5.75 Å². The number of fused-ring (bicyclic) bond motifs is 1. The van der Waals surface area contributed by atoms with Crippen molar-refractivity contribution in [1.29, 1.82) is 0 Å². The molecule has 0 radical (unpaired) electrons. The molecule has 3 N–H and O–H groups in total. The highest BCUT2D eigenvalue weighted by molar-refractivity contribution is 6.30. The summed E-state index contributed by atoms with van der Waals surface area (Å²) < 4.78 is 71.8. The van der Waals surface area contributed by atoms with E-state index in [-0.39, 0.29) is 40.8 Å². The molecule has 0 aliphatic heterocycles. The van der Waals surface area contributed by atoms with Gasteiger partial charge in [0, 0.05) is 25.4 Å². The number of hydrogen-bond donors (Lipinski definition) is 3. The van der Waals surface area contributed by atoms with E-state index in [0.29, 0.717) is 5.69 Å². The van der Waals surface area contributed by atoms with Crippen LogP contribution in [0.15, 0.2) is 30.5 Å². The van der Waals surface area contributed by atoms with Gasteiger partial charge in [0.15, 0.2) is 11.4 Å². The summed E-state index contributed by atoms with van der Waals surface area (Å²) in [4.78, 5) is 37.8. The summed E-state index contributed by atoms with van der Waals surface area (Å²) in [5.74, 6) is -4.53. The summed E-state index contributed by atoms with van der Waals surface area (Å²) in [6.45, 7) is 6.78. The van der Waals surface area contributed by atoms with E-state index in [1.54, 1.807) is 27.7 Å². The van der Waals surface area contributed by atoms with Crippen LogP contribution in [0, 0.1) is 18.6 Å². The number of nitrogens with zero attached hydrogens (tertiary/aromatic N) is 2. The largest absolute Gasteiger partial charge is 0.490 e. The number of amides is 2. The molecule has 0 saturated carbocycles. The van der Waals surface area contributed by atoms with E-state index in [1.165, 1.54) is 22.7 Å². The van der Waals surface area contributed by atoms with Gasteiger partial charge in [0.25, 0.3) is 5.91 Å². The van der Waals surface area contributed by atoms with E-state index in [1.807, 2.05) is 0 Å². The van der Waals surface area contributed by atoms with Gasteiger partial charge in [-0.15, -0.1) is 0 Å². The monoisotopic (exact) mass is 608 g/mol. The fourth-order valence-corrected chi connectivity index (χ4v) is 3.33. The number of carboxylic acids is 1. The zero-order chi connectivity index (χ0) is 31.1. The topological polar surface area (TPSA) is 131 Å². The molecule has 16 heteroatoms. The number of alkyl carbamates (subject to hydrolysis) is 1. The van der Waals surface area contributed by atoms with Crippen molar-refractivity contribution in [2.45, 2.75) is 46.1 Å². The molecule has 0 bridgehead atoms. The fraction of sp³-hybridized carbons (Fsp3) is 0.360. The molecule has 0 spiro atoms. The Morgan fingerprint density at radius 1 is 1.07 bits per heavy atom. The van der Waals surface area contributed by atoms with E-state index < -0.39 is 48.0 Å². The number of hydrogen-bond acceptors (Lipinski definition) is 6. The predicted molar refractivity (Wildman–Crippen MR) is 136 cm³/mol. The van der Waals surface area contributed by atoms with Crippen LogP contribution in [0.2, 0.25) is 5.02 Å². The molecule has 1 aromatic carbocycles. The molecule has 10 nitrogen and oxygen atoms in total. The number of carbonyl (C=O) groups is 3. The lowest BCUT2D eigenvalue weighted by atomic mass is 10.2. The van der Waals surface area contributed by atoms with Gasteiger partial charge in [0.2, 0.25) is 0 Å². The molecule has 0 fully saturated rings. The lowest BCUT2D eigenvalue weighted by Gasteiger charge is -2.19. The molecule has 3 aromatic rings. The minimum atomic E-state index is -5.08. The highest BCUT2D eigenvalue weighted by Gasteiger charge is 2.38. The fourth-order valence-electron chi connectivity index (χ4n) is 3.13. The second-order valence-corrected chi connectivity index (χ2v) is 9.67. The molecule has 0 atom stereocenters. The number of aromatic nitrogens is 2. The molecule has 2 aromatic heterocycles. The Balaban J connectivity index is 0.000000745. The maximum absolute atomic E-state index is 13.9. The molecule has 41 heavy (non-hydrogen) atoms. The molecule has 224 valence electrons. The average Bonchev–Trinajstić information content (AvgIpc) is 3.15. The Labute approximate surface area is 235 Å². The van der Waals surface area contributed by atoms with Gasteiger partial charge >= 0.3 is 18.2 Å². The van der Waals surface area contributed by atoms with Crippen LogP contribution in [-0.4, -0.2) is 57.3 Å². The van der Waals surface area contributed by atoms with Crippen molar-refractivity contribution >= 4 is 35.2 Å². The lowest BCUT2D eigenvalue weighted by molar-refractivity contribution is -0.192. The van der Waals surface area contributed by atoms with Gasteiger partial charge < -0.3 is 25.2 Å². The first-order valence-electron chi connectivity index (χ1n) is 11.7. The number of imidazole rings is 1. The first kappa shape index (κ1) is 33.1. The van der Waals surface area contributed by atoms with Gasteiger partial charge in [0.1, 0.15) is 29.5 Å². The number of carboxylic acid groups (broad SMARTS) is 1. The number of halogens is 6. The molecule has 0 aliphatic rings. The molecule has 0 unspecified atom stereocenters. The van der Waals surface area contributed by atoms with Gasteiger partial charge in [-0.2, -0.15) is 13.2 Å². The Morgan fingerprint density at radius 2 is 1.63 bits per heavy atom. The summed E-state index contributed by atoms with van der Waals surface area (Å²) in [5, 5.41) is 12.6. The van der Waals surface area contributed by atoms with Gasteiger partial charge in [0.05, 0.1) is 16.3 Å². The van der Waals surface area contributed by atoms with Crippen molar-refractivity contribution in [2.75, 3.05) is 13.1 Å². The van der Waals surface area contributed by atoms with Crippen LogP contribution in [0.25, 0.3) is 5.65 Å². The normalized spacial score (nSPS) is 11.4. The number of carbonyl (C=O) groups excluding carboxylic acids is 2. The van der Waals surface area contributed by atoms with E-state index in [2.05, 4.69) is 15.6 Å². The first-order chi connectivity index (χ1) is 18.9. The van der Waals surface area contributed by atoms with E-state index in [4.69, 9.17) is 31.0 Å². The van der Waals surface area contributed by atoms with Gasteiger partial charge in [-0.05, 0) is 39.8 Å². The Bertz CT molecular complexity index is 1400. The Kier molecular flexibility index (Phi) is 10.9. The number of rotatable bonds is 7. The summed E-state index contributed by atoms with van der Waals surface area (Å²) in [7, 11) is 0. The van der Waals surface area contributed by atoms with Gasteiger partial charge in [-0.25, -0.2) is 23.4 Å². The second kappa shape index (κ2) is 13.5. The molecule has 0 aliphatic carbocycles. The Morgan fingerprint density at radius 3 is 2.17 bits per heavy atom. The molecule has 3 rings (SSSR count). The van der Waals surface area contributed by atoms with Crippen LogP contribution in [0.4, 0.5) is 26.7 Å². The highest BCUT2D eigenvalue weighted by atomic mass is 35.5. The smallest absolute Gasteiger partial charge is 0.485 e. The SMILES string of the molecule is Cc1nc2c(OCc3c(F)cccc3F)cc(Cl)cn2c1C(=O)NCCNC(=O)OC(C)(C)C.O=C(O)C(F)(F)F. The third-order valence-electron chi connectivity index (χ3n) is 4.80. The number of pyridine rings is 1. The lowest BCUT2D eigenvalue weighted by Crippen LogP contribution is -2.38. The van der Waals surface area contributed by atoms with E-state index in [9.17, 15) is 31.5 Å². The number of aryl methyl sites for hydroxylation is 1. The average molecular weight is 609 g/mol. The van der Waals surface area contributed by atoms with Crippen LogP contribution >= 0.6 is 11.6 Å². The van der Waals surface area contributed by atoms with E-state index in [0.717, 1.165) is 12.1 Å². The minimum absolute atomic E-state index is 0.140. The molecular formula is C25H26ClF5N4O6. The quantitative estimate of drug-likeness (QED) is 0.253. The van der Waals surface area contributed by atoms with Gasteiger partial charge in [-0.1, -0.05) is 17.7 Å². The summed E-state index contributed by atoms with van der Waals surface area (Å²) in [6, 6.07) is 4.98. The predicted octanol–water partition coefficient (Wildman–Crippen LogP) is 5.04. The molecule has 2 amide bonds. The Hall–Kier alpha value is -4.14. The molecule has 2 heterocycles. The minimum Gasteiger partial charge on any atom is -0.485 e. The third kappa shape index (κ3) is 9.77. The maximum atomic E-state index is 13.9. The number of aliphatic carboxylic acids is 1. The van der Waals surface area contributed by atoms with Crippen LogP contribution in [0.1, 0.15) is 42.5 Å². The summed E-state index contributed by atoms with van der Waals surface area (Å²) in [6.07, 6.45) is -4.19. The first-order valence-corrected chi connectivity index (χ1v) is 12.1. The van der Waals surface area contributed by atoms with Crippen LogP contribution in [-0.2, 0) is 16.1 Å². The van der Waals surface area contributed by atoms with Crippen molar-refractivity contribution < 1.29 is 50.9 Å². The zero-order valence-corrected chi connectivity index (χ0v) is 22.9. The second-order valence-electron chi connectivity index (χ2n) is 9.24. The van der Waals surface area contributed by atoms with Crippen LogP contribution < -0.4 is 15.4 Å². The van der Waals surface area contributed by atoms with E-state index >= 15 is 0 Å². The highest BCUT2D eigenvalue weighted by Crippen LogP contribution is 2.28. The number of nitrogens with one attached hydrogen (secondary N) is 2. The molecule has 0 saturated heterocycles. The van der Waals surface area contributed by atoms with Crippen LogP contribution in [0.3, 0.4) is 0 Å². The summed E-state index contributed by atoms with van der Waals surface area (Å²) >= 11 is 6.20. The number of benzene rings is 1. The third-order valence-corrected chi connectivity index (χ3v) is 5.00. The standard InChI is InChI=1S/C23H25ClF2N4O4.C2HF3O2/c1-13-19(21(31)27-8-9-28-22(32)34-23(2,3)4)30-11-14(24)10-18(20(30)29-13)33-12-15-16(25)6-5-7-17(15)26;3-2(4,5)1(6)7/h5-7,10-11H,8-9,12H2,1-4H3,(H,27,31)(H,28,32);(H,6,7). The number of alkyl halides is 3. The zero-order valence-electron chi connectivity index (χ0n) is 22.2. The van der Waals surface area contributed by atoms with Crippen LogP contribution in [0.5, 0.6) is 5.75 Å².